The highest BCUT2D eigenvalue weighted by Crippen LogP contribution is 2.48. The van der Waals surface area contributed by atoms with E-state index in [4.69, 9.17) is 16.3 Å². The third kappa shape index (κ3) is 10.5. The van der Waals surface area contributed by atoms with Crippen LogP contribution in [0.3, 0.4) is 0 Å². The van der Waals surface area contributed by atoms with Gasteiger partial charge in [-0.2, -0.15) is 0 Å². The number of carbonyl (C=O) groups excluding carboxylic acids is 1. The van der Waals surface area contributed by atoms with Gasteiger partial charge in [-0.1, -0.05) is 56.1 Å². The highest BCUT2D eigenvalue weighted by atomic mass is 35.5. The van der Waals surface area contributed by atoms with E-state index >= 15 is 0 Å². The number of likely N-dealkylation sites (tertiary alicyclic amines) is 2. The first-order chi connectivity index (χ1) is 31.0. The lowest BCUT2D eigenvalue weighted by Crippen LogP contribution is -2.63. The van der Waals surface area contributed by atoms with Crippen molar-refractivity contribution in [3.63, 3.8) is 0 Å². The molecule has 1 spiro atoms. The third-order valence-electron chi connectivity index (χ3n) is 14.2. The van der Waals surface area contributed by atoms with Gasteiger partial charge >= 0.3 is 0 Å². The third-order valence-corrected chi connectivity index (χ3v) is 15.8. The zero-order valence-corrected chi connectivity index (χ0v) is 38.8. The van der Waals surface area contributed by atoms with Crippen LogP contribution in [-0.2, 0) is 14.8 Å². The van der Waals surface area contributed by atoms with Crippen LogP contribution >= 0.6 is 11.6 Å². The van der Waals surface area contributed by atoms with E-state index in [-0.39, 0.29) is 44.5 Å². The van der Waals surface area contributed by atoms with Crippen molar-refractivity contribution >= 4 is 49.9 Å². The number of pyridine rings is 1. The first-order valence-electron chi connectivity index (χ1n) is 22.7. The lowest BCUT2D eigenvalue weighted by atomic mass is 9.70. The average Bonchev–Trinajstić information content (AvgIpc) is 3.89. The number of nitrogens with one attached hydrogen (secondary N) is 3. The molecule has 4 N–H and O–H groups in total. The van der Waals surface area contributed by atoms with Crippen LogP contribution in [0.1, 0.15) is 102 Å². The molecule has 8 rings (SSSR count). The minimum Gasteiger partial charge on any atom is -0.485 e. The van der Waals surface area contributed by atoms with Crippen LogP contribution in [0.5, 0.6) is 5.75 Å². The van der Waals surface area contributed by atoms with Crippen molar-refractivity contribution < 1.29 is 32.4 Å². The Labute approximate surface area is 384 Å². The van der Waals surface area contributed by atoms with Gasteiger partial charge in [0.15, 0.2) is 10.9 Å². The average molecular weight is 933 g/mol. The number of hydrogen-bond donors (Lipinski definition) is 4. The highest BCUT2D eigenvalue weighted by Gasteiger charge is 2.49. The molecular weight excluding hydrogens is 873 g/mol. The van der Waals surface area contributed by atoms with E-state index in [0.29, 0.717) is 37.3 Å². The molecule has 4 heterocycles. The molecule has 2 aromatic heterocycles. The molecule has 2 aromatic carbocycles. The topological polar surface area (TPSA) is 183 Å². The van der Waals surface area contributed by atoms with Crippen molar-refractivity contribution in [2.45, 2.75) is 107 Å². The van der Waals surface area contributed by atoms with Gasteiger partial charge in [-0.15, -0.1) is 0 Å². The van der Waals surface area contributed by atoms with E-state index in [0.717, 1.165) is 64.1 Å². The number of sulfonamides is 1. The molecule has 2 atom stereocenters. The largest absolute Gasteiger partial charge is 0.485 e. The monoisotopic (exact) mass is 931 g/mol. The number of nitro benzene ring substituents is 1. The summed E-state index contributed by atoms with van der Waals surface area (Å²) >= 11 is 6.35. The molecule has 0 bridgehead atoms. The van der Waals surface area contributed by atoms with Crippen molar-refractivity contribution in [1.29, 1.82) is 0 Å². The van der Waals surface area contributed by atoms with Crippen LogP contribution in [0.4, 0.5) is 15.8 Å². The second-order valence-corrected chi connectivity index (χ2v) is 21.2. The van der Waals surface area contributed by atoms with Crippen molar-refractivity contribution in [1.82, 2.24) is 24.5 Å². The Balaban J connectivity index is 0.932. The van der Waals surface area contributed by atoms with Gasteiger partial charge < -0.3 is 25.0 Å². The van der Waals surface area contributed by atoms with Crippen molar-refractivity contribution in [3.8, 4) is 5.75 Å². The number of halogens is 2. The minimum absolute atomic E-state index is 0.0237. The number of aromatic amines is 1. The Kier molecular flexibility index (Phi) is 13.6. The number of carbonyl (C=O) groups is 1. The molecule has 65 heavy (non-hydrogen) atoms. The summed E-state index contributed by atoms with van der Waals surface area (Å²) < 4.78 is 49.7. The summed E-state index contributed by atoms with van der Waals surface area (Å²) in [6, 6.07) is 14.3. The second kappa shape index (κ2) is 19.1. The van der Waals surface area contributed by atoms with Crippen LogP contribution in [0.2, 0.25) is 5.15 Å². The molecule has 4 fully saturated rings. The SMILES string of the molecule is CC(C)c1ccccc1[C@H]1CCC[C@H]1N1CC2(CCN(/C=C/C=C(\COc3cc4c(F)c[nH]c4nc3Cl)C(=O)NS(=O)(=O)c3ccc(NCC4CCC(C)(O)CC4)c([N+](=O)[O-])c3)CC2)C1. The maximum atomic E-state index is 14.4. The summed E-state index contributed by atoms with van der Waals surface area (Å²) in [4.78, 5) is 36.5. The van der Waals surface area contributed by atoms with E-state index in [2.05, 4.69) is 67.9 Å². The second-order valence-electron chi connectivity index (χ2n) is 19.2. The number of anilines is 1. The Hall–Kier alpha value is -5.03. The lowest BCUT2D eigenvalue weighted by molar-refractivity contribution is -0.384. The zero-order valence-electron chi connectivity index (χ0n) is 37.2. The molecule has 348 valence electrons. The Morgan fingerprint density at radius 1 is 1.11 bits per heavy atom. The predicted octanol–water partition coefficient (Wildman–Crippen LogP) is 8.80. The van der Waals surface area contributed by atoms with E-state index in [1.807, 2.05) is 6.20 Å². The lowest BCUT2D eigenvalue weighted by Gasteiger charge is -2.57. The maximum Gasteiger partial charge on any atom is 0.293 e. The fourth-order valence-electron chi connectivity index (χ4n) is 10.3. The number of piperidine rings is 1. The molecule has 14 nitrogen and oxygen atoms in total. The Morgan fingerprint density at radius 3 is 2.57 bits per heavy atom. The number of fused-ring (bicyclic) bond motifs is 1. The fourth-order valence-corrected chi connectivity index (χ4v) is 11.5. The zero-order chi connectivity index (χ0) is 46.1. The van der Waals surface area contributed by atoms with Crippen LogP contribution in [0.15, 0.2) is 83.5 Å². The molecule has 2 aliphatic heterocycles. The number of benzene rings is 2. The molecule has 4 aromatic rings. The van der Waals surface area contributed by atoms with Crippen LogP contribution in [0, 0.1) is 27.3 Å². The van der Waals surface area contributed by atoms with Gasteiger partial charge in [0.1, 0.15) is 23.8 Å². The predicted molar refractivity (Wildman–Crippen MR) is 249 cm³/mol. The minimum atomic E-state index is -4.62. The standard InChI is InChI=1S/C48H59ClFN7O7S/c1-31(2)35-9-4-5-10-36(35)37-11-6-12-41(37)56-29-48(30-56)19-22-55(23-20-48)21-7-8-33(28-64-43-25-38-39(50)27-52-45(38)53-44(43)49)46(58)54-65(62,63)34-13-14-40(42(24-34)57(60)61)51-26-32-15-17-47(3,59)18-16-32/h4-5,7-10,13-14,21,24-25,27,31-32,37,41,51,59H,6,11-12,15-20,22-23,26,28-30H2,1-3H3,(H,52,53)(H,54,58)/b21-7+,33-8+/t32?,37-,41-,47?/m1/s1. The normalized spacial score (nSPS) is 23.9. The quantitative estimate of drug-likeness (QED) is 0.0294. The van der Waals surface area contributed by atoms with Crippen molar-refractivity contribution in [2.75, 3.05) is 44.6 Å². The summed E-state index contributed by atoms with van der Waals surface area (Å²) in [6.07, 6.45) is 14.6. The molecule has 0 unspecified atom stereocenters. The van der Waals surface area contributed by atoms with Crippen LogP contribution in [-0.4, -0.2) is 95.1 Å². The number of aliphatic hydroxyl groups is 1. The Bertz CT molecular complexity index is 2570. The molecule has 17 heteroatoms. The van der Waals surface area contributed by atoms with Gasteiger partial charge in [-0.05, 0) is 129 Å². The summed E-state index contributed by atoms with van der Waals surface area (Å²) in [5.41, 5.74) is 2.29. The molecule has 1 amide bonds. The first-order valence-corrected chi connectivity index (χ1v) is 24.6. The number of rotatable bonds is 15. The van der Waals surface area contributed by atoms with Gasteiger partial charge in [0, 0.05) is 51.0 Å². The number of nitrogens with zero attached hydrogens (tertiary/aromatic N) is 4. The van der Waals surface area contributed by atoms with Gasteiger partial charge in [0.05, 0.1) is 26.4 Å². The first kappa shape index (κ1) is 46.5. The summed E-state index contributed by atoms with van der Waals surface area (Å²) in [7, 11) is -4.62. The van der Waals surface area contributed by atoms with E-state index in [1.54, 1.807) is 13.0 Å². The highest BCUT2D eigenvalue weighted by molar-refractivity contribution is 7.90. The summed E-state index contributed by atoms with van der Waals surface area (Å²) in [5, 5.41) is 25.5. The van der Waals surface area contributed by atoms with Crippen LogP contribution in [0.25, 0.3) is 11.0 Å². The maximum absolute atomic E-state index is 14.4. The van der Waals surface area contributed by atoms with E-state index < -0.39 is 49.5 Å². The van der Waals surface area contributed by atoms with Gasteiger partial charge in [-0.3, -0.25) is 19.8 Å². The molecule has 0 radical (unpaired) electrons. The molecule has 2 aliphatic carbocycles. The summed E-state index contributed by atoms with van der Waals surface area (Å²) in [5.74, 6) is -0.393. The van der Waals surface area contributed by atoms with E-state index in [1.165, 1.54) is 54.7 Å². The molecular formula is C48H59ClFN7O7S. The smallest absolute Gasteiger partial charge is 0.293 e. The van der Waals surface area contributed by atoms with Gasteiger partial charge in [0.25, 0.3) is 21.6 Å². The molecule has 4 aliphatic rings. The number of H-pyrrole nitrogens is 1. The number of nitro groups is 1. The fraction of sp³-hybridized carbons (Fsp3) is 0.500. The van der Waals surface area contributed by atoms with Gasteiger partial charge in [0.2, 0.25) is 0 Å². The van der Waals surface area contributed by atoms with E-state index in [9.17, 15) is 32.8 Å². The number of ether oxygens (including phenoxy) is 1. The number of hydrogen-bond acceptors (Lipinski definition) is 11. The number of aromatic nitrogens is 2. The van der Waals surface area contributed by atoms with Crippen LogP contribution < -0.4 is 14.8 Å². The van der Waals surface area contributed by atoms with Crippen molar-refractivity contribution in [3.05, 3.63) is 111 Å². The number of allylic oxidation sites excluding steroid dienone is 2. The number of amides is 1. The van der Waals surface area contributed by atoms with Gasteiger partial charge in [-0.25, -0.2) is 22.5 Å². The van der Waals surface area contributed by atoms with Crippen molar-refractivity contribution in [2.24, 2.45) is 11.3 Å². The molecule has 2 saturated heterocycles. The molecule has 2 saturated carbocycles. The Morgan fingerprint density at radius 2 is 1.85 bits per heavy atom. The summed E-state index contributed by atoms with van der Waals surface area (Å²) in [6.45, 7) is 10.1.